The Morgan fingerprint density at radius 2 is 1.88 bits per heavy atom. The molecule has 7 heteroatoms. The van der Waals surface area contributed by atoms with Crippen LogP contribution in [0.1, 0.15) is 56.9 Å². The van der Waals surface area contributed by atoms with Gasteiger partial charge < -0.3 is 15.4 Å². The van der Waals surface area contributed by atoms with Crippen LogP contribution >= 0.6 is 0 Å². The highest BCUT2D eigenvalue weighted by Gasteiger charge is 2.36. The van der Waals surface area contributed by atoms with E-state index < -0.39 is 0 Å². The maximum Gasteiger partial charge on any atom is 0.261 e. The lowest BCUT2D eigenvalue weighted by atomic mass is 9.99. The number of aliphatic hydroxyl groups is 1. The highest BCUT2D eigenvalue weighted by Crippen LogP contribution is 2.26. The van der Waals surface area contributed by atoms with Crippen LogP contribution in [0.4, 0.5) is 0 Å². The minimum absolute atomic E-state index is 0.113. The third kappa shape index (κ3) is 3.91. The lowest BCUT2D eigenvalue weighted by Crippen LogP contribution is -2.41. The summed E-state index contributed by atoms with van der Waals surface area (Å²) in [6, 6.07) is 12.1. The van der Waals surface area contributed by atoms with Gasteiger partial charge >= 0.3 is 0 Å². The number of H-pyrrole nitrogens is 1. The summed E-state index contributed by atoms with van der Waals surface area (Å²) < 4.78 is 0. The van der Waals surface area contributed by atoms with Gasteiger partial charge in [-0.05, 0) is 42.2 Å². The number of aromatic nitrogens is 1. The van der Waals surface area contributed by atoms with Crippen molar-refractivity contribution in [2.75, 3.05) is 13.2 Å². The number of aromatic amines is 1. The Morgan fingerprint density at radius 3 is 2.62 bits per heavy atom. The molecule has 0 radical (unpaired) electrons. The predicted molar refractivity (Wildman–Crippen MR) is 122 cm³/mol. The number of amides is 3. The summed E-state index contributed by atoms with van der Waals surface area (Å²) in [6.45, 7) is 4.04. The van der Waals surface area contributed by atoms with E-state index >= 15 is 0 Å². The van der Waals surface area contributed by atoms with Crippen LogP contribution in [0.25, 0.3) is 10.9 Å². The maximum absolute atomic E-state index is 13.0. The number of fused-ring (bicyclic) bond motifs is 2. The number of benzene rings is 2. The van der Waals surface area contributed by atoms with Gasteiger partial charge in [0.1, 0.15) is 0 Å². The molecule has 2 heterocycles. The second-order valence-electron chi connectivity index (χ2n) is 8.28. The molecule has 7 nitrogen and oxygen atoms in total. The van der Waals surface area contributed by atoms with Crippen molar-refractivity contribution in [1.29, 1.82) is 0 Å². The van der Waals surface area contributed by atoms with Crippen LogP contribution in [-0.4, -0.2) is 51.9 Å². The standard InChI is InChI=1S/C25H27N3O4/c1-3-15(2)22(14-29)27-23(30)16-8-9-19-20(12-16)25(32)28(24(19)31)11-10-17-13-26-21-7-5-4-6-18(17)21/h4-9,12-13,15,22,26,29H,3,10-11,14H2,1-2H3,(H,27,30). The van der Waals surface area contributed by atoms with Crippen molar-refractivity contribution >= 4 is 28.6 Å². The fourth-order valence-corrected chi connectivity index (χ4v) is 4.11. The number of carbonyl (C=O) groups is 3. The van der Waals surface area contributed by atoms with E-state index in [4.69, 9.17) is 0 Å². The van der Waals surface area contributed by atoms with Crippen LogP contribution in [0.15, 0.2) is 48.7 Å². The minimum atomic E-state index is -0.389. The molecule has 0 saturated heterocycles. The third-order valence-electron chi connectivity index (χ3n) is 6.36. The third-order valence-corrected chi connectivity index (χ3v) is 6.36. The van der Waals surface area contributed by atoms with Gasteiger partial charge in [-0.2, -0.15) is 0 Å². The van der Waals surface area contributed by atoms with Gasteiger partial charge in [-0.1, -0.05) is 38.5 Å². The van der Waals surface area contributed by atoms with Crippen molar-refractivity contribution in [2.45, 2.75) is 32.7 Å². The fourth-order valence-electron chi connectivity index (χ4n) is 4.11. The predicted octanol–water partition coefficient (Wildman–Crippen LogP) is 3.14. The maximum atomic E-state index is 13.0. The molecule has 3 amide bonds. The van der Waals surface area contributed by atoms with E-state index in [9.17, 15) is 19.5 Å². The Hall–Kier alpha value is -3.45. The summed E-state index contributed by atoms with van der Waals surface area (Å²) in [4.78, 5) is 42.9. The monoisotopic (exact) mass is 433 g/mol. The summed E-state index contributed by atoms with van der Waals surface area (Å²) >= 11 is 0. The van der Waals surface area contributed by atoms with E-state index in [0.29, 0.717) is 17.5 Å². The Labute approximate surface area is 186 Å². The van der Waals surface area contributed by atoms with Gasteiger partial charge in [0.25, 0.3) is 17.7 Å². The summed E-state index contributed by atoms with van der Waals surface area (Å²) in [5, 5.41) is 13.5. The molecular formula is C25H27N3O4. The van der Waals surface area contributed by atoms with Gasteiger partial charge in [0.05, 0.1) is 23.8 Å². The number of aliphatic hydroxyl groups excluding tert-OH is 1. The topological polar surface area (TPSA) is 102 Å². The van der Waals surface area contributed by atoms with Crippen molar-refractivity contribution < 1.29 is 19.5 Å². The average molecular weight is 434 g/mol. The van der Waals surface area contributed by atoms with E-state index in [1.807, 2.05) is 44.3 Å². The second kappa shape index (κ2) is 8.96. The molecule has 4 rings (SSSR count). The van der Waals surface area contributed by atoms with Crippen molar-refractivity contribution in [1.82, 2.24) is 15.2 Å². The van der Waals surface area contributed by atoms with Crippen LogP contribution in [0.3, 0.4) is 0 Å². The number of rotatable bonds is 8. The van der Waals surface area contributed by atoms with Crippen molar-refractivity contribution in [3.63, 3.8) is 0 Å². The molecule has 1 aliphatic rings. The average Bonchev–Trinajstić information content (AvgIpc) is 3.33. The summed E-state index contributed by atoms with van der Waals surface area (Å²) in [6.07, 6.45) is 3.25. The van der Waals surface area contributed by atoms with Gasteiger partial charge in [-0.25, -0.2) is 0 Å². The Kier molecular flexibility index (Phi) is 6.10. The molecule has 0 bridgehead atoms. The van der Waals surface area contributed by atoms with Crippen LogP contribution in [0, 0.1) is 5.92 Å². The first-order chi connectivity index (χ1) is 15.4. The van der Waals surface area contributed by atoms with E-state index in [1.54, 1.807) is 6.07 Å². The Morgan fingerprint density at radius 1 is 1.12 bits per heavy atom. The highest BCUT2D eigenvalue weighted by atomic mass is 16.3. The molecule has 0 aliphatic carbocycles. The van der Waals surface area contributed by atoms with Crippen molar-refractivity contribution in [3.05, 3.63) is 70.9 Å². The summed E-state index contributed by atoms with van der Waals surface area (Å²) in [5.41, 5.74) is 2.90. The number of nitrogens with one attached hydrogen (secondary N) is 2. The first kappa shape index (κ1) is 21.8. The lowest BCUT2D eigenvalue weighted by molar-refractivity contribution is 0.0656. The summed E-state index contributed by atoms with van der Waals surface area (Å²) in [5.74, 6) is -0.990. The normalized spacial score (nSPS) is 15.2. The van der Waals surface area contributed by atoms with E-state index in [0.717, 1.165) is 22.9 Å². The first-order valence-electron chi connectivity index (χ1n) is 10.9. The quantitative estimate of drug-likeness (QED) is 0.475. The molecule has 0 spiro atoms. The zero-order valence-electron chi connectivity index (χ0n) is 18.2. The number of para-hydroxylation sites is 1. The zero-order valence-corrected chi connectivity index (χ0v) is 18.2. The van der Waals surface area contributed by atoms with Crippen LogP contribution in [0.5, 0.6) is 0 Å². The van der Waals surface area contributed by atoms with Gasteiger partial charge in [-0.3, -0.25) is 19.3 Å². The number of nitrogens with zero attached hydrogens (tertiary/aromatic N) is 1. The Bertz CT molecular complexity index is 1180. The molecular weight excluding hydrogens is 406 g/mol. The van der Waals surface area contributed by atoms with Gasteiger partial charge in [0.15, 0.2) is 0 Å². The minimum Gasteiger partial charge on any atom is -0.394 e. The number of imide groups is 1. The van der Waals surface area contributed by atoms with Crippen LogP contribution < -0.4 is 5.32 Å². The fraction of sp³-hybridized carbons (Fsp3) is 0.320. The molecule has 2 atom stereocenters. The summed E-state index contributed by atoms with van der Waals surface area (Å²) in [7, 11) is 0. The van der Waals surface area contributed by atoms with Gasteiger partial charge in [0, 0.05) is 29.2 Å². The number of carbonyl (C=O) groups excluding carboxylic acids is 3. The smallest absolute Gasteiger partial charge is 0.261 e. The van der Waals surface area contributed by atoms with Crippen molar-refractivity contribution in [2.24, 2.45) is 5.92 Å². The molecule has 3 aromatic rings. The molecule has 3 N–H and O–H groups in total. The SMILES string of the molecule is CCC(C)C(CO)NC(=O)c1ccc2c(c1)C(=O)N(CCc1c[nH]c3ccccc13)C2=O. The molecule has 166 valence electrons. The number of hydrogen-bond acceptors (Lipinski definition) is 4. The lowest BCUT2D eigenvalue weighted by Gasteiger charge is -2.22. The molecule has 0 saturated carbocycles. The zero-order chi connectivity index (χ0) is 22.8. The molecule has 32 heavy (non-hydrogen) atoms. The first-order valence-corrected chi connectivity index (χ1v) is 10.9. The highest BCUT2D eigenvalue weighted by molar-refractivity contribution is 6.22. The van der Waals surface area contributed by atoms with Crippen LogP contribution in [0.2, 0.25) is 0 Å². The second-order valence-corrected chi connectivity index (χ2v) is 8.28. The molecule has 2 unspecified atom stereocenters. The Balaban J connectivity index is 1.49. The van der Waals surface area contributed by atoms with E-state index in [1.165, 1.54) is 17.0 Å². The number of hydrogen-bond donors (Lipinski definition) is 3. The van der Waals surface area contributed by atoms with Gasteiger partial charge in [-0.15, -0.1) is 0 Å². The molecule has 1 aliphatic heterocycles. The van der Waals surface area contributed by atoms with Crippen LogP contribution in [-0.2, 0) is 6.42 Å². The van der Waals surface area contributed by atoms with Crippen molar-refractivity contribution in [3.8, 4) is 0 Å². The molecule has 1 aromatic heterocycles. The van der Waals surface area contributed by atoms with E-state index in [-0.39, 0.29) is 48.4 Å². The van der Waals surface area contributed by atoms with Gasteiger partial charge in [0.2, 0.25) is 0 Å². The largest absolute Gasteiger partial charge is 0.394 e. The molecule has 0 fully saturated rings. The van der Waals surface area contributed by atoms with E-state index in [2.05, 4.69) is 10.3 Å². The molecule has 2 aromatic carbocycles.